The normalized spacial score (nSPS) is 12.5. The number of hydrogen-bond acceptors (Lipinski definition) is 4. The molecule has 0 aliphatic carbocycles. The molecule has 5 heteroatoms. The summed E-state index contributed by atoms with van der Waals surface area (Å²) in [5.41, 5.74) is 2.01. The molecule has 1 atom stereocenters. The van der Waals surface area contributed by atoms with E-state index < -0.39 is 0 Å². The standard InChI is InChI=1S/C14H23N3O2/c1-5-12-11(8-10(4)16-17-12)14(19)15-13(6-7-18)9(2)3/h8-9,13,18H,5-7H2,1-4H3,(H,15,19). The Bertz CT molecular complexity index is 433. The summed E-state index contributed by atoms with van der Waals surface area (Å²) in [6.45, 7) is 7.88. The third kappa shape index (κ3) is 4.28. The first-order chi connectivity index (χ1) is 8.99. The fraction of sp³-hybridized carbons (Fsp3) is 0.643. The molecule has 0 bridgehead atoms. The maximum atomic E-state index is 12.3. The van der Waals surface area contributed by atoms with E-state index >= 15 is 0 Å². The lowest BCUT2D eigenvalue weighted by atomic mass is 10.0. The smallest absolute Gasteiger partial charge is 0.253 e. The Labute approximate surface area is 114 Å². The summed E-state index contributed by atoms with van der Waals surface area (Å²) < 4.78 is 0. The zero-order chi connectivity index (χ0) is 14.4. The van der Waals surface area contributed by atoms with Gasteiger partial charge in [-0.3, -0.25) is 4.79 Å². The molecule has 1 rings (SSSR count). The third-order valence-electron chi connectivity index (χ3n) is 3.13. The molecule has 106 valence electrons. The number of rotatable bonds is 6. The van der Waals surface area contributed by atoms with E-state index in [4.69, 9.17) is 5.11 Å². The number of aromatic nitrogens is 2. The van der Waals surface area contributed by atoms with Crippen molar-refractivity contribution in [3.63, 3.8) is 0 Å². The molecule has 0 aliphatic rings. The minimum absolute atomic E-state index is 0.0318. The molecular formula is C14H23N3O2. The number of carbonyl (C=O) groups is 1. The van der Waals surface area contributed by atoms with E-state index in [0.29, 0.717) is 24.1 Å². The van der Waals surface area contributed by atoms with E-state index in [1.54, 1.807) is 6.07 Å². The van der Waals surface area contributed by atoms with Crippen LogP contribution in [-0.2, 0) is 6.42 Å². The molecule has 0 aromatic carbocycles. The van der Waals surface area contributed by atoms with E-state index in [1.807, 2.05) is 27.7 Å². The minimum Gasteiger partial charge on any atom is -0.396 e. The van der Waals surface area contributed by atoms with Crippen molar-refractivity contribution in [3.8, 4) is 0 Å². The van der Waals surface area contributed by atoms with Crippen molar-refractivity contribution in [3.05, 3.63) is 23.0 Å². The second-order valence-corrected chi connectivity index (χ2v) is 5.04. The maximum absolute atomic E-state index is 12.3. The first kappa shape index (κ1) is 15.6. The number of aliphatic hydroxyl groups is 1. The Balaban J connectivity index is 2.90. The van der Waals surface area contributed by atoms with Gasteiger partial charge in [0.05, 0.1) is 17.0 Å². The summed E-state index contributed by atoms with van der Waals surface area (Å²) >= 11 is 0. The number of nitrogens with one attached hydrogen (secondary N) is 1. The van der Waals surface area contributed by atoms with Crippen LogP contribution < -0.4 is 5.32 Å². The van der Waals surface area contributed by atoms with Crippen molar-refractivity contribution in [1.29, 1.82) is 0 Å². The van der Waals surface area contributed by atoms with Gasteiger partial charge in [0.15, 0.2) is 0 Å². The second-order valence-electron chi connectivity index (χ2n) is 5.04. The van der Waals surface area contributed by atoms with Crippen LogP contribution in [0.3, 0.4) is 0 Å². The first-order valence-electron chi connectivity index (χ1n) is 6.74. The Morgan fingerprint density at radius 1 is 1.42 bits per heavy atom. The molecule has 1 aromatic rings. The van der Waals surface area contributed by atoms with Crippen LogP contribution in [0, 0.1) is 12.8 Å². The van der Waals surface area contributed by atoms with E-state index in [-0.39, 0.29) is 24.5 Å². The van der Waals surface area contributed by atoms with E-state index in [1.165, 1.54) is 0 Å². The molecule has 0 saturated carbocycles. The quantitative estimate of drug-likeness (QED) is 0.817. The van der Waals surface area contributed by atoms with Crippen LogP contribution in [0.15, 0.2) is 6.07 Å². The average Bonchev–Trinajstić information content (AvgIpc) is 2.37. The summed E-state index contributed by atoms with van der Waals surface area (Å²) in [7, 11) is 0. The Morgan fingerprint density at radius 2 is 2.11 bits per heavy atom. The molecule has 2 N–H and O–H groups in total. The maximum Gasteiger partial charge on any atom is 0.253 e. The highest BCUT2D eigenvalue weighted by Crippen LogP contribution is 2.11. The number of carbonyl (C=O) groups excluding carboxylic acids is 1. The highest BCUT2D eigenvalue weighted by atomic mass is 16.3. The van der Waals surface area contributed by atoms with Gasteiger partial charge in [-0.2, -0.15) is 10.2 Å². The zero-order valence-corrected chi connectivity index (χ0v) is 12.1. The predicted octanol–water partition coefficient (Wildman–Crippen LogP) is 1.48. The SMILES string of the molecule is CCc1nnc(C)cc1C(=O)NC(CCO)C(C)C. The predicted molar refractivity (Wildman–Crippen MR) is 73.9 cm³/mol. The number of nitrogens with zero attached hydrogens (tertiary/aromatic N) is 2. The fourth-order valence-corrected chi connectivity index (χ4v) is 1.93. The monoisotopic (exact) mass is 265 g/mol. The van der Waals surface area contributed by atoms with E-state index in [0.717, 1.165) is 5.69 Å². The van der Waals surface area contributed by atoms with Crippen molar-refractivity contribution in [2.75, 3.05) is 6.61 Å². The van der Waals surface area contributed by atoms with E-state index in [9.17, 15) is 4.79 Å². The van der Waals surface area contributed by atoms with Gasteiger partial charge in [-0.05, 0) is 31.7 Å². The molecule has 0 spiro atoms. The van der Waals surface area contributed by atoms with Crippen LogP contribution in [0.4, 0.5) is 0 Å². The topological polar surface area (TPSA) is 75.1 Å². The molecule has 5 nitrogen and oxygen atoms in total. The van der Waals surface area contributed by atoms with Crippen LogP contribution >= 0.6 is 0 Å². The van der Waals surface area contributed by atoms with Crippen molar-refractivity contribution in [2.24, 2.45) is 5.92 Å². The first-order valence-corrected chi connectivity index (χ1v) is 6.74. The Kier molecular flexibility index (Phi) is 5.89. The van der Waals surface area contributed by atoms with Crippen LogP contribution in [0.1, 0.15) is 48.9 Å². The van der Waals surface area contributed by atoms with Gasteiger partial charge in [-0.15, -0.1) is 0 Å². The van der Waals surface area contributed by atoms with Crippen molar-refractivity contribution < 1.29 is 9.90 Å². The van der Waals surface area contributed by atoms with Crippen molar-refractivity contribution in [1.82, 2.24) is 15.5 Å². The summed E-state index contributed by atoms with van der Waals surface area (Å²) in [6, 6.07) is 1.73. The third-order valence-corrected chi connectivity index (χ3v) is 3.13. The number of hydrogen-bond donors (Lipinski definition) is 2. The van der Waals surface area contributed by atoms with Gasteiger partial charge in [-0.25, -0.2) is 0 Å². The molecule has 1 heterocycles. The summed E-state index contributed by atoms with van der Waals surface area (Å²) in [6.07, 6.45) is 1.23. The number of aryl methyl sites for hydroxylation is 2. The van der Waals surface area contributed by atoms with Gasteiger partial charge < -0.3 is 10.4 Å². The molecule has 1 unspecified atom stereocenters. The molecule has 19 heavy (non-hydrogen) atoms. The molecule has 1 amide bonds. The molecule has 0 saturated heterocycles. The zero-order valence-electron chi connectivity index (χ0n) is 12.1. The Hall–Kier alpha value is -1.49. The van der Waals surface area contributed by atoms with Crippen LogP contribution in [0.2, 0.25) is 0 Å². The van der Waals surface area contributed by atoms with Gasteiger partial charge in [0.2, 0.25) is 0 Å². The molecule has 0 radical (unpaired) electrons. The number of amides is 1. The van der Waals surface area contributed by atoms with Gasteiger partial charge >= 0.3 is 0 Å². The fourth-order valence-electron chi connectivity index (χ4n) is 1.93. The lowest BCUT2D eigenvalue weighted by molar-refractivity contribution is 0.0915. The average molecular weight is 265 g/mol. The molecule has 0 fully saturated rings. The van der Waals surface area contributed by atoms with Crippen LogP contribution in [-0.4, -0.2) is 33.9 Å². The van der Waals surface area contributed by atoms with Crippen LogP contribution in [0.5, 0.6) is 0 Å². The molecule has 1 aromatic heterocycles. The summed E-state index contributed by atoms with van der Waals surface area (Å²) in [5.74, 6) is 0.138. The summed E-state index contributed by atoms with van der Waals surface area (Å²) in [5, 5.41) is 20.0. The van der Waals surface area contributed by atoms with Gasteiger partial charge in [0.25, 0.3) is 5.91 Å². The van der Waals surface area contributed by atoms with Gasteiger partial charge in [0, 0.05) is 12.6 Å². The van der Waals surface area contributed by atoms with Crippen molar-refractivity contribution >= 4 is 5.91 Å². The van der Waals surface area contributed by atoms with Gasteiger partial charge in [0.1, 0.15) is 0 Å². The van der Waals surface area contributed by atoms with E-state index in [2.05, 4.69) is 15.5 Å². The summed E-state index contributed by atoms with van der Waals surface area (Å²) in [4.78, 5) is 12.3. The van der Waals surface area contributed by atoms with Crippen molar-refractivity contribution in [2.45, 2.75) is 46.6 Å². The lowest BCUT2D eigenvalue weighted by Crippen LogP contribution is -2.39. The Morgan fingerprint density at radius 3 is 2.63 bits per heavy atom. The second kappa shape index (κ2) is 7.19. The molecule has 0 aliphatic heterocycles. The lowest BCUT2D eigenvalue weighted by Gasteiger charge is -2.22. The largest absolute Gasteiger partial charge is 0.396 e. The van der Waals surface area contributed by atoms with Crippen LogP contribution in [0.25, 0.3) is 0 Å². The molecular weight excluding hydrogens is 242 g/mol. The highest BCUT2D eigenvalue weighted by Gasteiger charge is 2.19. The number of aliphatic hydroxyl groups excluding tert-OH is 1. The minimum atomic E-state index is -0.137. The highest BCUT2D eigenvalue weighted by molar-refractivity contribution is 5.95. The van der Waals surface area contributed by atoms with Gasteiger partial charge in [-0.1, -0.05) is 20.8 Å².